The van der Waals surface area contributed by atoms with Gasteiger partial charge in [0.2, 0.25) is 0 Å². The Labute approximate surface area is 167 Å². The van der Waals surface area contributed by atoms with Gasteiger partial charge >= 0.3 is 0 Å². The van der Waals surface area contributed by atoms with Crippen LogP contribution in [-0.4, -0.2) is 21.5 Å². The maximum absolute atomic E-state index is 13.0. The number of benzene rings is 3. The number of nitrogens with one attached hydrogen (secondary N) is 1. The van der Waals surface area contributed by atoms with E-state index in [0.29, 0.717) is 18.8 Å². The second kappa shape index (κ2) is 9.24. The van der Waals surface area contributed by atoms with Crippen LogP contribution in [0.2, 0.25) is 0 Å². The molecular formula is C23H24N2O2S. The van der Waals surface area contributed by atoms with Crippen LogP contribution >= 0.6 is 0 Å². The van der Waals surface area contributed by atoms with Gasteiger partial charge in [-0.1, -0.05) is 60.7 Å². The fourth-order valence-corrected chi connectivity index (χ4v) is 4.37. The first-order chi connectivity index (χ1) is 13.6. The standard InChI is InChI=1S/C23H24N2O2S/c1-2-25(22-13-7-4-8-14-22)28(26,27)23-17-15-21(16-18-23)24-19-9-12-20-10-5-3-6-11-20/h3-18,24H,2,19H2,1H3/b12-9+. The Morgan fingerprint density at radius 1 is 0.857 bits per heavy atom. The molecule has 3 aromatic rings. The molecule has 0 amide bonds. The van der Waals surface area contributed by atoms with Crippen molar-refractivity contribution in [2.45, 2.75) is 11.8 Å². The van der Waals surface area contributed by atoms with Gasteiger partial charge in [0.05, 0.1) is 10.6 Å². The Balaban J connectivity index is 1.67. The van der Waals surface area contributed by atoms with Crippen molar-refractivity contribution in [1.82, 2.24) is 0 Å². The van der Waals surface area contributed by atoms with E-state index in [0.717, 1.165) is 11.3 Å². The topological polar surface area (TPSA) is 49.4 Å². The van der Waals surface area contributed by atoms with Gasteiger partial charge in [-0.25, -0.2) is 8.42 Å². The molecule has 0 spiro atoms. The zero-order valence-electron chi connectivity index (χ0n) is 15.8. The van der Waals surface area contributed by atoms with E-state index >= 15 is 0 Å². The van der Waals surface area contributed by atoms with Crippen molar-refractivity contribution in [1.29, 1.82) is 0 Å². The average Bonchev–Trinajstić information content (AvgIpc) is 2.73. The van der Waals surface area contributed by atoms with Crippen LogP contribution in [0.25, 0.3) is 6.08 Å². The van der Waals surface area contributed by atoms with Gasteiger partial charge in [0.15, 0.2) is 0 Å². The highest BCUT2D eigenvalue weighted by atomic mass is 32.2. The molecule has 28 heavy (non-hydrogen) atoms. The third-order valence-corrected chi connectivity index (χ3v) is 6.22. The lowest BCUT2D eigenvalue weighted by Gasteiger charge is -2.23. The number of hydrogen-bond acceptors (Lipinski definition) is 3. The highest BCUT2D eigenvalue weighted by Gasteiger charge is 2.23. The summed E-state index contributed by atoms with van der Waals surface area (Å²) >= 11 is 0. The molecule has 0 bridgehead atoms. The summed E-state index contributed by atoms with van der Waals surface area (Å²) < 4.78 is 27.4. The van der Waals surface area contributed by atoms with E-state index in [2.05, 4.69) is 5.32 Å². The van der Waals surface area contributed by atoms with Crippen molar-refractivity contribution in [2.24, 2.45) is 0 Å². The van der Waals surface area contributed by atoms with Crippen LogP contribution in [0.1, 0.15) is 12.5 Å². The molecule has 3 rings (SSSR count). The Bertz CT molecular complexity index is 999. The molecule has 0 aliphatic carbocycles. The molecular weight excluding hydrogens is 368 g/mol. The minimum absolute atomic E-state index is 0.281. The summed E-state index contributed by atoms with van der Waals surface area (Å²) in [6, 6.07) is 26.1. The van der Waals surface area contributed by atoms with Gasteiger partial charge in [-0.3, -0.25) is 4.31 Å². The molecule has 4 nitrogen and oxygen atoms in total. The van der Waals surface area contributed by atoms with Crippen molar-refractivity contribution in [3.63, 3.8) is 0 Å². The van der Waals surface area contributed by atoms with Gasteiger partial charge in [-0.2, -0.15) is 0 Å². The predicted octanol–water partition coefficient (Wildman–Crippen LogP) is 5.03. The van der Waals surface area contributed by atoms with Crippen LogP contribution in [0.15, 0.2) is 95.9 Å². The molecule has 0 aliphatic heterocycles. The molecule has 0 unspecified atom stereocenters. The van der Waals surface area contributed by atoms with Crippen molar-refractivity contribution in [2.75, 3.05) is 22.7 Å². The zero-order chi connectivity index (χ0) is 19.8. The van der Waals surface area contributed by atoms with E-state index < -0.39 is 10.0 Å². The molecule has 5 heteroatoms. The number of sulfonamides is 1. The summed E-state index contributed by atoms with van der Waals surface area (Å²) in [6.45, 7) is 2.86. The maximum Gasteiger partial charge on any atom is 0.264 e. The molecule has 144 valence electrons. The van der Waals surface area contributed by atoms with E-state index in [1.54, 1.807) is 36.4 Å². The number of hydrogen-bond donors (Lipinski definition) is 1. The minimum Gasteiger partial charge on any atom is -0.382 e. The lowest BCUT2D eigenvalue weighted by Crippen LogP contribution is -2.30. The van der Waals surface area contributed by atoms with Crippen LogP contribution < -0.4 is 9.62 Å². The van der Waals surface area contributed by atoms with E-state index in [-0.39, 0.29) is 4.90 Å². The minimum atomic E-state index is -3.59. The highest BCUT2D eigenvalue weighted by Crippen LogP contribution is 2.24. The third-order valence-electron chi connectivity index (χ3n) is 4.31. The first-order valence-corrected chi connectivity index (χ1v) is 10.7. The summed E-state index contributed by atoms with van der Waals surface area (Å²) in [6.07, 6.45) is 4.08. The number of para-hydroxylation sites is 1. The number of rotatable bonds is 8. The van der Waals surface area contributed by atoms with Crippen LogP contribution in [0.5, 0.6) is 0 Å². The van der Waals surface area contributed by atoms with Crippen LogP contribution in [-0.2, 0) is 10.0 Å². The van der Waals surface area contributed by atoms with E-state index in [4.69, 9.17) is 0 Å². The van der Waals surface area contributed by atoms with Crippen LogP contribution in [0.4, 0.5) is 11.4 Å². The van der Waals surface area contributed by atoms with Gasteiger partial charge in [0, 0.05) is 18.8 Å². The smallest absolute Gasteiger partial charge is 0.264 e. The summed E-state index contributed by atoms with van der Waals surface area (Å²) in [5.74, 6) is 0. The van der Waals surface area contributed by atoms with Crippen LogP contribution in [0.3, 0.4) is 0 Å². The molecule has 0 radical (unpaired) electrons. The van der Waals surface area contributed by atoms with Crippen molar-refractivity contribution in [3.05, 3.63) is 96.6 Å². The Morgan fingerprint density at radius 3 is 2.07 bits per heavy atom. The average molecular weight is 393 g/mol. The predicted molar refractivity (Wildman–Crippen MR) is 117 cm³/mol. The molecule has 0 saturated heterocycles. The number of nitrogens with zero attached hydrogens (tertiary/aromatic N) is 1. The summed E-state index contributed by atoms with van der Waals surface area (Å²) in [7, 11) is -3.59. The van der Waals surface area contributed by atoms with Gasteiger partial charge in [0.25, 0.3) is 10.0 Å². The largest absolute Gasteiger partial charge is 0.382 e. The van der Waals surface area contributed by atoms with E-state index in [9.17, 15) is 8.42 Å². The first kappa shape index (κ1) is 19.7. The Hall–Kier alpha value is -3.05. The fraction of sp³-hybridized carbons (Fsp3) is 0.130. The normalized spacial score (nSPS) is 11.5. The summed E-state index contributed by atoms with van der Waals surface area (Å²) in [4.78, 5) is 0.281. The molecule has 0 aromatic heterocycles. The van der Waals surface area contributed by atoms with E-state index in [1.165, 1.54) is 4.31 Å². The maximum atomic E-state index is 13.0. The van der Waals surface area contributed by atoms with Gasteiger partial charge in [-0.15, -0.1) is 0 Å². The molecule has 0 heterocycles. The van der Waals surface area contributed by atoms with Crippen LogP contribution in [0, 0.1) is 0 Å². The first-order valence-electron chi connectivity index (χ1n) is 9.24. The molecule has 0 atom stereocenters. The van der Waals surface area contributed by atoms with Crippen molar-refractivity contribution in [3.8, 4) is 0 Å². The highest BCUT2D eigenvalue weighted by molar-refractivity contribution is 7.92. The van der Waals surface area contributed by atoms with Gasteiger partial charge in [0.1, 0.15) is 0 Å². The summed E-state index contributed by atoms with van der Waals surface area (Å²) in [5.41, 5.74) is 2.68. The molecule has 3 aromatic carbocycles. The van der Waals surface area contributed by atoms with E-state index in [1.807, 2.05) is 67.6 Å². The third kappa shape index (κ3) is 4.81. The van der Waals surface area contributed by atoms with Gasteiger partial charge < -0.3 is 5.32 Å². The van der Waals surface area contributed by atoms with Crippen molar-refractivity contribution >= 4 is 27.5 Å². The molecule has 0 aliphatic rings. The SMILES string of the molecule is CCN(c1ccccc1)S(=O)(=O)c1ccc(NC/C=C/c2ccccc2)cc1. The molecule has 0 saturated carbocycles. The quantitative estimate of drug-likeness (QED) is 0.585. The van der Waals surface area contributed by atoms with Gasteiger partial charge in [-0.05, 0) is 48.9 Å². The lowest BCUT2D eigenvalue weighted by atomic mass is 10.2. The molecule has 0 fully saturated rings. The second-order valence-electron chi connectivity index (χ2n) is 6.22. The monoisotopic (exact) mass is 392 g/mol. The van der Waals surface area contributed by atoms with Crippen molar-refractivity contribution < 1.29 is 8.42 Å². The molecule has 1 N–H and O–H groups in total. The zero-order valence-corrected chi connectivity index (χ0v) is 16.6. The second-order valence-corrected chi connectivity index (χ2v) is 8.09. The fourth-order valence-electron chi connectivity index (χ4n) is 2.89. The Morgan fingerprint density at radius 2 is 1.46 bits per heavy atom. The Kier molecular flexibility index (Phi) is 6.50. The lowest BCUT2D eigenvalue weighted by molar-refractivity contribution is 0.592. The number of anilines is 2. The summed E-state index contributed by atoms with van der Waals surface area (Å²) in [5, 5.41) is 3.27.